The molecule has 1 aliphatic heterocycles. The van der Waals surface area contributed by atoms with Gasteiger partial charge in [0.25, 0.3) is 0 Å². The lowest BCUT2D eigenvalue weighted by molar-refractivity contribution is -0.304. The molecule has 4 rings (SSSR count). The number of carbonyl (C=O) groups is 3. The molecule has 43 heavy (non-hydrogen) atoms. The maximum absolute atomic E-state index is 13.2. The van der Waals surface area contributed by atoms with E-state index in [1.165, 1.54) is 0 Å². The van der Waals surface area contributed by atoms with Crippen LogP contribution in [0.5, 0.6) is 0 Å². The van der Waals surface area contributed by atoms with Crippen LogP contribution in [-0.4, -0.2) is 55.0 Å². The molecule has 1 heterocycles. The topological polar surface area (TPSA) is 103 Å². The number of nitrogens with one attached hydrogen (secondary N) is 2. The van der Waals surface area contributed by atoms with Gasteiger partial charge in [-0.15, -0.1) is 0 Å². The molecule has 1 aliphatic carbocycles. The van der Waals surface area contributed by atoms with Crippen LogP contribution in [0.4, 0.5) is 0 Å². The van der Waals surface area contributed by atoms with Crippen LogP contribution in [0.15, 0.2) is 72.3 Å². The van der Waals surface area contributed by atoms with Crippen LogP contribution >= 0.6 is 0 Å². The van der Waals surface area contributed by atoms with Crippen molar-refractivity contribution in [3.8, 4) is 0 Å². The number of rotatable bonds is 11. The van der Waals surface area contributed by atoms with Gasteiger partial charge in [0.05, 0.1) is 19.1 Å². The van der Waals surface area contributed by atoms with E-state index < -0.39 is 29.4 Å². The Morgan fingerprint density at radius 2 is 1.51 bits per heavy atom. The van der Waals surface area contributed by atoms with Crippen LogP contribution < -0.4 is 10.6 Å². The Labute approximate surface area is 255 Å². The standard InChI is InChI=1S/C35H46N2O6/c1-34(2)24-41-35(3,4)43-32(34)33(40)36-20-19-31(39)42-29-18-12-11-17-28(29)37-30(38)23-27(21-25-13-7-5-8-14-25)22-26-15-9-6-10-16-26/h5-10,13-16,23,28-29,32H,11-12,17-22,24H2,1-4H3,(H,36,40)(H,37,38)/t28-,29-,32?/m0/s1. The summed E-state index contributed by atoms with van der Waals surface area (Å²) in [5.41, 5.74) is 2.80. The lowest BCUT2D eigenvalue weighted by Crippen LogP contribution is -2.56. The summed E-state index contributed by atoms with van der Waals surface area (Å²) in [4.78, 5) is 38.9. The third kappa shape index (κ3) is 10.0. The molecular formula is C35H46N2O6. The van der Waals surface area contributed by atoms with Crippen molar-refractivity contribution in [2.75, 3.05) is 13.2 Å². The molecule has 0 radical (unpaired) electrons. The van der Waals surface area contributed by atoms with Gasteiger partial charge in [0, 0.05) is 18.0 Å². The van der Waals surface area contributed by atoms with Crippen molar-refractivity contribution in [2.24, 2.45) is 5.41 Å². The van der Waals surface area contributed by atoms with Crippen molar-refractivity contribution >= 4 is 17.8 Å². The first kappa shape index (κ1) is 32.4. The van der Waals surface area contributed by atoms with E-state index >= 15 is 0 Å². The van der Waals surface area contributed by atoms with Gasteiger partial charge in [-0.3, -0.25) is 14.4 Å². The largest absolute Gasteiger partial charge is 0.460 e. The van der Waals surface area contributed by atoms with Gasteiger partial charge < -0.3 is 24.8 Å². The third-order valence-electron chi connectivity index (χ3n) is 7.97. The van der Waals surface area contributed by atoms with E-state index in [0.717, 1.165) is 36.0 Å². The highest BCUT2D eigenvalue weighted by Crippen LogP contribution is 2.34. The lowest BCUT2D eigenvalue weighted by atomic mass is 9.85. The number of allylic oxidation sites excluding steroid dienone is 1. The second-order valence-corrected chi connectivity index (χ2v) is 12.8. The van der Waals surface area contributed by atoms with E-state index in [1.54, 1.807) is 19.9 Å². The van der Waals surface area contributed by atoms with Crippen molar-refractivity contribution in [3.63, 3.8) is 0 Å². The molecule has 2 amide bonds. The molecule has 0 bridgehead atoms. The summed E-state index contributed by atoms with van der Waals surface area (Å²) >= 11 is 0. The Morgan fingerprint density at radius 3 is 2.14 bits per heavy atom. The molecule has 3 atom stereocenters. The second kappa shape index (κ2) is 14.8. The molecule has 2 aromatic rings. The van der Waals surface area contributed by atoms with Crippen LogP contribution in [-0.2, 0) is 41.4 Å². The second-order valence-electron chi connectivity index (χ2n) is 12.8. The zero-order chi connectivity index (χ0) is 30.9. The smallest absolute Gasteiger partial charge is 0.307 e. The molecule has 8 heteroatoms. The number of hydrogen-bond donors (Lipinski definition) is 2. The van der Waals surface area contributed by atoms with Crippen LogP contribution in [0, 0.1) is 5.41 Å². The van der Waals surface area contributed by atoms with E-state index in [2.05, 4.69) is 34.9 Å². The number of benzene rings is 2. The molecule has 8 nitrogen and oxygen atoms in total. The fraction of sp³-hybridized carbons (Fsp3) is 0.514. The molecular weight excluding hydrogens is 544 g/mol. The first-order valence-electron chi connectivity index (χ1n) is 15.4. The summed E-state index contributed by atoms with van der Waals surface area (Å²) in [6.45, 7) is 7.93. The number of hydrogen-bond acceptors (Lipinski definition) is 6. The monoisotopic (exact) mass is 590 g/mol. The first-order chi connectivity index (χ1) is 20.5. The van der Waals surface area contributed by atoms with Gasteiger partial charge in [0.2, 0.25) is 11.8 Å². The minimum absolute atomic E-state index is 0.0359. The molecule has 2 N–H and O–H groups in total. The highest BCUT2D eigenvalue weighted by molar-refractivity contribution is 5.88. The summed E-state index contributed by atoms with van der Waals surface area (Å²) < 4.78 is 17.4. The molecule has 2 aromatic carbocycles. The van der Waals surface area contributed by atoms with Crippen molar-refractivity contribution in [1.82, 2.24) is 10.6 Å². The first-order valence-corrected chi connectivity index (χ1v) is 15.4. The predicted octanol–water partition coefficient (Wildman–Crippen LogP) is 5.05. The van der Waals surface area contributed by atoms with Crippen LogP contribution in [0.1, 0.15) is 70.9 Å². The van der Waals surface area contributed by atoms with Crippen LogP contribution in [0.3, 0.4) is 0 Å². The van der Waals surface area contributed by atoms with E-state index in [1.807, 2.05) is 50.2 Å². The number of esters is 1. The Hall–Kier alpha value is -3.49. The number of amides is 2. The zero-order valence-corrected chi connectivity index (χ0v) is 25.9. The quantitative estimate of drug-likeness (QED) is 0.280. The minimum Gasteiger partial charge on any atom is -0.460 e. The summed E-state index contributed by atoms with van der Waals surface area (Å²) in [5, 5.41) is 5.94. The highest BCUT2D eigenvalue weighted by atomic mass is 16.7. The number of ether oxygens (including phenoxy) is 3. The fourth-order valence-electron chi connectivity index (χ4n) is 5.62. The molecule has 1 saturated carbocycles. The minimum atomic E-state index is -0.851. The van der Waals surface area contributed by atoms with E-state index in [9.17, 15) is 14.4 Å². The maximum atomic E-state index is 13.2. The molecule has 232 valence electrons. The van der Waals surface area contributed by atoms with Crippen molar-refractivity contribution in [2.45, 2.75) is 96.7 Å². The number of carbonyl (C=O) groups excluding carboxylic acids is 3. The summed E-state index contributed by atoms with van der Waals surface area (Å²) in [6, 6.07) is 20.0. The van der Waals surface area contributed by atoms with E-state index in [0.29, 0.717) is 25.9 Å². The van der Waals surface area contributed by atoms with Gasteiger partial charge >= 0.3 is 5.97 Å². The lowest BCUT2D eigenvalue weighted by Gasteiger charge is -2.44. The van der Waals surface area contributed by atoms with Gasteiger partial charge in [-0.25, -0.2) is 0 Å². The van der Waals surface area contributed by atoms with Gasteiger partial charge in [-0.05, 0) is 57.1 Å². The zero-order valence-electron chi connectivity index (χ0n) is 25.9. The molecule has 0 spiro atoms. The maximum Gasteiger partial charge on any atom is 0.307 e. The van der Waals surface area contributed by atoms with Gasteiger partial charge in [-0.2, -0.15) is 0 Å². The van der Waals surface area contributed by atoms with Gasteiger partial charge in [0.1, 0.15) is 12.2 Å². The van der Waals surface area contributed by atoms with Crippen molar-refractivity contribution in [3.05, 3.63) is 83.4 Å². The Kier molecular flexibility index (Phi) is 11.2. The van der Waals surface area contributed by atoms with Crippen LogP contribution in [0.25, 0.3) is 0 Å². The molecule has 1 saturated heterocycles. The van der Waals surface area contributed by atoms with E-state index in [4.69, 9.17) is 14.2 Å². The summed E-state index contributed by atoms with van der Waals surface area (Å²) in [5.74, 6) is -1.70. The summed E-state index contributed by atoms with van der Waals surface area (Å²) in [7, 11) is 0. The van der Waals surface area contributed by atoms with Gasteiger partial charge in [-0.1, -0.05) is 86.5 Å². The Balaban J connectivity index is 1.31. The Morgan fingerprint density at radius 1 is 0.907 bits per heavy atom. The average molecular weight is 591 g/mol. The molecule has 0 aromatic heterocycles. The van der Waals surface area contributed by atoms with Crippen LogP contribution in [0.2, 0.25) is 0 Å². The van der Waals surface area contributed by atoms with Crippen molar-refractivity contribution < 1.29 is 28.6 Å². The SMILES string of the molecule is CC1(C)OCC(C)(C)C(C(=O)NCCC(=O)O[C@H]2CCCC[C@@H]2NC(=O)C=C(Cc2ccccc2)Cc2ccccc2)O1. The Bertz CT molecular complexity index is 1210. The predicted molar refractivity (Wildman–Crippen MR) is 165 cm³/mol. The van der Waals surface area contributed by atoms with Crippen molar-refractivity contribution in [1.29, 1.82) is 0 Å². The average Bonchev–Trinajstić information content (AvgIpc) is 2.96. The summed E-state index contributed by atoms with van der Waals surface area (Å²) in [6.07, 6.45) is 5.30. The van der Waals surface area contributed by atoms with E-state index in [-0.39, 0.29) is 30.8 Å². The normalized spacial score (nSPS) is 22.6. The molecule has 1 unspecified atom stereocenters. The fourth-order valence-corrected chi connectivity index (χ4v) is 5.62. The molecule has 2 aliphatic rings. The van der Waals surface area contributed by atoms with Gasteiger partial charge in [0.15, 0.2) is 5.79 Å². The molecule has 2 fully saturated rings. The highest BCUT2D eigenvalue weighted by Gasteiger charge is 2.45. The third-order valence-corrected chi connectivity index (χ3v) is 7.97.